The van der Waals surface area contributed by atoms with E-state index in [0.717, 1.165) is 44.1 Å². The fourth-order valence-electron chi connectivity index (χ4n) is 4.74. The lowest BCUT2D eigenvalue weighted by atomic mass is 9.86. The summed E-state index contributed by atoms with van der Waals surface area (Å²) in [5, 5.41) is 15.6. The van der Waals surface area contributed by atoms with Gasteiger partial charge in [0.05, 0.1) is 14.2 Å². The second-order valence-electron chi connectivity index (χ2n) is 12.8. The number of phenolic OH excluding ortho intramolecular Hbond substituents is 1. The van der Waals surface area contributed by atoms with Gasteiger partial charge in [0.1, 0.15) is 17.2 Å². The molecule has 0 saturated heterocycles. The van der Waals surface area contributed by atoms with E-state index in [1.165, 1.54) is 0 Å². The van der Waals surface area contributed by atoms with E-state index in [1.807, 2.05) is 42.5 Å². The molecule has 0 unspecified atom stereocenters. The normalized spacial score (nSPS) is 12.7. The van der Waals surface area contributed by atoms with Crippen LogP contribution in [0.25, 0.3) is 0 Å². The van der Waals surface area contributed by atoms with Crippen LogP contribution in [0.5, 0.6) is 17.2 Å². The largest absolute Gasteiger partial charge is 0.507 e. The fourth-order valence-corrected chi connectivity index (χ4v) is 8.04. The Balaban J connectivity index is 2.59. The molecule has 6 heteroatoms. The zero-order valence-corrected chi connectivity index (χ0v) is 26.9. The van der Waals surface area contributed by atoms with E-state index < -0.39 is 7.92 Å². The number of phenols is 1. The molecule has 1 N–H and O–H groups in total. The van der Waals surface area contributed by atoms with E-state index in [-0.39, 0.29) is 22.0 Å². The van der Waals surface area contributed by atoms with Gasteiger partial charge in [0, 0.05) is 37.1 Å². The third-order valence-corrected chi connectivity index (χ3v) is 9.55. The van der Waals surface area contributed by atoms with Crippen LogP contribution in [0.2, 0.25) is 10.0 Å². The van der Waals surface area contributed by atoms with Crippen molar-refractivity contribution in [1.82, 2.24) is 0 Å². The first-order chi connectivity index (χ1) is 17.4. The second kappa shape index (κ2) is 10.9. The van der Waals surface area contributed by atoms with E-state index in [9.17, 15) is 5.11 Å². The van der Waals surface area contributed by atoms with Gasteiger partial charge in [0.2, 0.25) is 0 Å². The zero-order chi connectivity index (χ0) is 28.8. The van der Waals surface area contributed by atoms with Crippen molar-refractivity contribution in [1.29, 1.82) is 0 Å². The Morgan fingerprint density at radius 2 is 1.00 bits per heavy atom. The van der Waals surface area contributed by atoms with Gasteiger partial charge in [-0.3, -0.25) is 0 Å². The fraction of sp³-hybridized carbons (Fsp3) is 0.438. The van der Waals surface area contributed by atoms with Crippen LogP contribution in [-0.2, 0) is 16.2 Å². The molecule has 0 radical (unpaired) electrons. The molecule has 0 amide bonds. The van der Waals surface area contributed by atoms with E-state index in [0.29, 0.717) is 10.0 Å². The van der Waals surface area contributed by atoms with Gasteiger partial charge in [-0.1, -0.05) is 104 Å². The first-order valence-corrected chi connectivity index (χ1v) is 14.9. The van der Waals surface area contributed by atoms with Crippen LogP contribution in [-0.4, -0.2) is 19.3 Å². The van der Waals surface area contributed by atoms with Crippen molar-refractivity contribution in [2.45, 2.75) is 78.6 Å². The van der Waals surface area contributed by atoms with Crippen molar-refractivity contribution < 1.29 is 14.6 Å². The summed E-state index contributed by atoms with van der Waals surface area (Å²) in [6.45, 7) is 19.2. The van der Waals surface area contributed by atoms with Crippen LogP contribution in [0.1, 0.15) is 79.0 Å². The summed E-state index contributed by atoms with van der Waals surface area (Å²) in [6, 6.07) is 13.8. The molecule has 0 aromatic heterocycles. The van der Waals surface area contributed by atoms with Crippen LogP contribution >= 0.6 is 31.1 Å². The minimum absolute atomic E-state index is 0.226. The Morgan fingerprint density at radius 3 is 1.34 bits per heavy atom. The second-order valence-corrected chi connectivity index (χ2v) is 15.8. The summed E-state index contributed by atoms with van der Waals surface area (Å²) >= 11 is 13.6. The quantitative estimate of drug-likeness (QED) is 0.311. The highest BCUT2D eigenvalue weighted by atomic mass is 35.5. The number of halogens is 2. The molecule has 3 aromatic carbocycles. The van der Waals surface area contributed by atoms with Gasteiger partial charge in [-0.25, -0.2) is 0 Å². The molecule has 0 fully saturated rings. The molecular weight excluding hydrogens is 534 g/mol. The topological polar surface area (TPSA) is 38.7 Å². The van der Waals surface area contributed by atoms with Gasteiger partial charge in [-0.05, 0) is 54.0 Å². The maximum Gasteiger partial charge on any atom is 0.131 e. The average molecular weight is 576 g/mol. The minimum atomic E-state index is -1.41. The Kier molecular flexibility index (Phi) is 8.79. The van der Waals surface area contributed by atoms with Crippen molar-refractivity contribution >= 4 is 47.0 Å². The number of hydrogen-bond acceptors (Lipinski definition) is 3. The van der Waals surface area contributed by atoms with Crippen LogP contribution in [0.3, 0.4) is 0 Å². The highest BCUT2D eigenvalue weighted by Gasteiger charge is 2.34. The SMILES string of the molecule is COc1c(P(c2cccc(C(C)(C)C)c2O)c2cc(Cl)cc(C(C)(C)C)c2OC)cc(Cl)cc1C(C)(C)C. The molecule has 0 aliphatic carbocycles. The highest BCUT2D eigenvalue weighted by molar-refractivity contribution is 7.80. The summed E-state index contributed by atoms with van der Waals surface area (Å²) in [5.74, 6) is 1.78. The van der Waals surface area contributed by atoms with Gasteiger partial charge in [0.25, 0.3) is 0 Å². The van der Waals surface area contributed by atoms with Crippen LogP contribution in [0.15, 0.2) is 42.5 Å². The highest BCUT2D eigenvalue weighted by Crippen LogP contribution is 2.49. The number of aromatic hydroxyl groups is 1. The Hall–Kier alpha value is -1.93. The molecule has 3 aromatic rings. The Bertz CT molecular complexity index is 1260. The minimum Gasteiger partial charge on any atom is -0.507 e. The molecule has 38 heavy (non-hydrogen) atoms. The number of rotatable bonds is 5. The number of para-hydroxylation sites is 1. The standard InChI is InChI=1S/C32H41Cl2O3P/c1-30(2,3)21-13-12-14-24(27(21)35)38(25-17-19(33)15-22(28(25)36-10)31(4,5)6)26-18-20(34)16-23(29(26)37-11)32(7,8)9/h12-18,35H,1-11H3. The van der Waals surface area contributed by atoms with Crippen LogP contribution in [0, 0.1) is 0 Å². The predicted octanol–water partition coefficient (Wildman–Crippen LogP) is 8.37. The number of hydrogen-bond donors (Lipinski definition) is 1. The van der Waals surface area contributed by atoms with Crippen molar-refractivity contribution in [3.63, 3.8) is 0 Å². The Morgan fingerprint density at radius 1 is 0.605 bits per heavy atom. The van der Waals surface area contributed by atoms with Gasteiger partial charge in [-0.15, -0.1) is 0 Å². The van der Waals surface area contributed by atoms with Gasteiger partial charge < -0.3 is 14.6 Å². The molecule has 0 bridgehead atoms. The number of benzene rings is 3. The number of methoxy groups -OCH3 is 2. The molecular formula is C32H41Cl2O3P. The summed E-state index contributed by atoms with van der Waals surface area (Å²) in [4.78, 5) is 0. The molecule has 206 valence electrons. The lowest BCUT2D eigenvalue weighted by Gasteiger charge is -2.32. The summed E-state index contributed by atoms with van der Waals surface area (Å²) in [5.41, 5.74) is 2.16. The van der Waals surface area contributed by atoms with E-state index in [4.69, 9.17) is 32.7 Å². The van der Waals surface area contributed by atoms with Crippen LogP contribution in [0.4, 0.5) is 0 Å². The van der Waals surface area contributed by atoms with Crippen molar-refractivity contribution in [3.8, 4) is 17.2 Å². The summed E-state index contributed by atoms with van der Waals surface area (Å²) in [6.07, 6.45) is 0. The lowest BCUT2D eigenvalue weighted by molar-refractivity contribution is 0.400. The summed E-state index contributed by atoms with van der Waals surface area (Å²) < 4.78 is 12.2. The van der Waals surface area contributed by atoms with Crippen molar-refractivity contribution in [3.05, 3.63) is 69.2 Å². The molecule has 0 spiro atoms. The predicted molar refractivity (Wildman–Crippen MR) is 166 cm³/mol. The molecule has 0 heterocycles. The molecule has 3 rings (SSSR count). The monoisotopic (exact) mass is 574 g/mol. The molecule has 0 aliphatic heterocycles. The molecule has 0 atom stereocenters. The smallest absolute Gasteiger partial charge is 0.131 e. The maximum atomic E-state index is 11.8. The van der Waals surface area contributed by atoms with E-state index >= 15 is 0 Å². The lowest BCUT2D eigenvalue weighted by Crippen LogP contribution is -2.28. The average Bonchev–Trinajstić information content (AvgIpc) is 2.77. The third-order valence-electron chi connectivity index (χ3n) is 6.64. The zero-order valence-electron chi connectivity index (χ0n) is 24.5. The first kappa shape index (κ1) is 30.6. The summed E-state index contributed by atoms with van der Waals surface area (Å²) in [7, 11) is 1.97. The number of ether oxygens (including phenoxy) is 2. The third kappa shape index (κ3) is 6.11. The Labute approximate surface area is 240 Å². The van der Waals surface area contributed by atoms with Gasteiger partial charge in [-0.2, -0.15) is 0 Å². The van der Waals surface area contributed by atoms with Crippen LogP contribution < -0.4 is 25.4 Å². The molecule has 3 nitrogen and oxygen atoms in total. The van der Waals surface area contributed by atoms with Crippen molar-refractivity contribution in [2.75, 3.05) is 14.2 Å². The van der Waals surface area contributed by atoms with E-state index in [1.54, 1.807) is 14.2 Å². The van der Waals surface area contributed by atoms with Crippen molar-refractivity contribution in [2.24, 2.45) is 0 Å². The molecule has 0 aliphatic rings. The van der Waals surface area contributed by atoms with Gasteiger partial charge in [0.15, 0.2) is 0 Å². The van der Waals surface area contributed by atoms with E-state index in [2.05, 4.69) is 62.3 Å². The maximum absolute atomic E-state index is 11.8. The van der Waals surface area contributed by atoms with Gasteiger partial charge >= 0.3 is 0 Å². The first-order valence-electron chi connectivity index (χ1n) is 12.8. The molecule has 0 saturated carbocycles.